The van der Waals surface area contributed by atoms with Gasteiger partial charge in [0, 0.05) is 25.3 Å². The summed E-state index contributed by atoms with van der Waals surface area (Å²) < 4.78 is 2.52. The minimum Gasteiger partial charge on any atom is -0.139 e. The van der Waals surface area contributed by atoms with Gasteiger partial charge in [-0.25, -0.2) is 0 Å². The van der Waals surface area contributed by atoms with Crippen molar-refractivity contribution in [1.82, 2.24) is 0 Å². The number of hydrogen-bond acceptors (Lipinski definition) is 1. The Kier molecular flexibility index (Phi) is 2.63. The van der Waals surface area contributed by atoms with Gasteiger partial charge in [0.2, 0.25) is 0 Å². The van der Waals surface area contributed by atoms with Gasteiger partial charge in [-0.15, -0.1) is 22.9 Å². The molecule has 3 heteroatoms. The predicted molar refractivity (Wildman–Crippen MR) is 63.8 cm³/mol. The van der Waals surface area contributed by atoms with Crippen LogP contribution in [0.2, 0.25) is 0 Å². The van der Waals surface area contributed by atoms with Crippen molar-refractivity contribution in [1.29, 1.82) is 0 Å². The normalized spacial score (nSPS) is 11.0. The van der Waals surface area contributed by atoms with Crippen LogP contribution in [0.15, 0.2) is 22.7 Å². The quantitative estimate of drug-likeness (QED) is 0.661. The summed E-state index contributed by atoms with van der Waals surface area (Å²) in [4.78, 5) is 1.31. The first-order valence-electron chi connectivity index (χ1n) is 3.96. The second-order valence-corrected chi connectivity index (χ2v) is 5.18. The zero-order valence-electron chi connectivity index (χ0n) is 7.10. The molecule has 0 saturated heterocycles. The van der Waals surface area contributed by atoms with E-state index in [1.807, 2.05) is 0 Å². The SMILES string of the molecule is Cc1sc2c(CCl)cccc2c1Br. The van der Waals surface area contributed by atoms with Gasteiger partial charge in [-0.3, -0.25) is 0 Å². The Hall–Kier alpha value is -0.0500. The highest BCUT2D eigenvalue weighted by Crippen LogP contribution is 2.37. The van der Waals surface area contributed by atoms with Gasteiger partial charge in [0.25, 0.3) is 0 Å². The van der Waals surface area contributed by atoms with Crippen LogP contribution < -0.4 is 0 Å². The summed E-state index contributed by atoms with van der Waals surface area (Å²) in [5.74, 6) is 0.587. The van der Waals surface area contributed by atoms with E-state index in [4.69, 9.17) is 11.6 Å². The van der Waals surface area contributed by atoms with Crippen molar-refractivity contribution in [3.8, 4) is 0 Å². The Morgan fingerprint density at radius 3 is 2.92 bits per heavy atom. The largest absolute Gasteiger partial charge is 0.139 e. The molecule has 2 rings (SSSR count). The Balaban J connectivity index is 2.84. The van der Waals surface area contributed by atoms with Crippen molar-refractivity contribution < 1.29 is 0 Å². The van der Waals surface area contributed by atoms with Crippen molar-refractivity contribution in [2.45, 2.75) is 12.8 Å². The van der Waals surface area contributed by atoms with Crippen molar-refractivity contribution in [2.24, 2.45) is 0 Å². The number of benzene rings is 1. The topological polar surface area (TPSA) is 0 Å². The molecule has 1 aromatic heterocycles. The second kappa shape index (κ2) is 3.60. The third kappa shape index (κ3) is 1.51. The average Bonchev–Trinajstić information content (AvgIpc) is 2.43. The van der Waals surface area contributed by atoms with E-state index in [1.54, 1.807) is 11.3 Å². The molecule has 0 saturated carbocycles. The van der Waals surface area contributed by atoms with Crippen molar-refractivity contribution >= 4 is 49.0 Å². The fraction of sp³-hybridized carbons (Fsp3) is 0.200. The van der Waals surface area contributed by atoms with Crippen LogP contribution in [0.3, 0.4) is 0 Å². The number of aryl methyl sites for hydroxylation is 1. The number of halogens is 2. The van der Waals surface area contributed by atoms with Crippen LogP contribution >= 0.6 is 38.9 Å². The van der Waals surface area contributed by atoms with E-state index in [1.165, 1.54) is 25.0 Å². The maximum atomic E-state index is 5.86. The summed E-state index contributed by atoms with van der Waals surface area (Å²) >= 11 is 11.2. The lowest BCUT2D eigenvalue weighted by atomic mass is 10.2. The van der Waals surface area contributed by atoms with Crippen LogP contribution in [0.5, 0.6) is 0 Å². The third-order valence-electron chi connectivity index (χ3n) is 2.04. The van der Waals surface area contributed by atoms with E-state index >= 15 is 0 Å². The van der Waals surface area contributed by atoms with Crippen molar-refractivity contribution in [2.75, 3.05) is 0 Å². The first-order chi connectivity index (χ1) is 6.24. The molecule has 0 radical (unpaired) electrons. The Morgan fingerprint density at radius 1 is 1.46 bits per heavy atom. The number of hydrogen-bond donors (Lipinski definition) is 0. The number of alkyl halides is 1. The van der Waals surface area contributed by atoms with Crippen molar-refractivity contribution in [3.63, 3.8) is 0 Å². The molecular formula is C10H8BrClS. The van der Waals surface area contributed by atoms with Gasteiger partial charge in [0.05, 0.1) is 0 Å². The molecule has 0 aliphatic carbocycles. The van der Waals surface area contributed by atoms with Gasteiger partial charge < -0.3 is 0 Å². The summed E-state index contributed by atoms with van der Waals surface area (Å²) in [6.07, 6.45) is 0. The molecule has 0 bridgehead atoms. The maximum Gasteiger partial charge on any atom is 0.0488 e. The molecule has 0 amide bonds. The zero-order valence-corrected chi connectivity index (χ0v) is 10.3. The highest BCUT2D eigenvalue weighted by molar-refractivity contribution is 9.10. The first-order valence-corrected chi connectivity index (χ1v) is 6.11. The average molecular weight is 276 g/mol. The van der Waals surface area contributed by atoms with E-state index in [0.29, 0.717) is 5.88 Å². The van der Waals surface area contributed by atoms with Gasteiger partial charge in [-0.05, 0) is 28.4 Å². The van der Waals surface area contributed by atoms with Gasteiger partial charge in [-0.1, -0.05) is 18.2 Å². The smallest absolute Gasteiger partial charge is 0.0488 e. The minimum atomic E-state index is 0.587. The van der Waals surface area contributed by atoms with Crippen LogP contribution in [0.1, 0.15) is 10.4 Å². The molecule has 0 nitrogen and oxygen atoms in total. The van der Waals surface area contributed by atoms with Crippen LogP contribution in [0.4, 0.5) is 0 Å². The Bertz CT molecular complexity index is 447. The number of thiophene rings is 1. The molecule has 0 N–H and O–H groups in total. The summed E-state index contributed by atoms with van der Waals surface area (Å²) in [7, 11) is 0. The molecule has 1 aromatic carbocycles. The van der Waals surface area contributed by atoms with Crippen LogP contribution in [0.25, 0.3) is 10.1 Å². The summed E-state index contributed by atoms with van der Waals surface area (Å²) in [6, 6.07) is 6.26. The molecule has 0 unspecified atom stereocenters. The molecule has 0 aliphatic heterocycles. The lowest BCUT2D eigenvalue weighted by Crippen LogP contribution is -1.75. The fourth-order valence-electron chi connectivity index (χ4n) is 1.37. The monoisotopic (exact) mass is 274 g/mol. The van der Waals surface area contributed by atoms with E-state index < -0.39 is 0 Å². The summed E-state index contributed by atoms with van der Waals surface area (Å²) in [6.45, 7) is 2.12. The summed E-state index contributed by atoms with van der Waals surface area (Å²) in [5.41, 5.74) is 1.22. The van der Waals surface area contributed by atoms with Crippen LogP contribution in [-0.4, -0.2) is 0 Å². The summed E-state index contributed by atoms with van der Waals surface area (Å²) in [5, 5.41) is 1.28. The molecule has 0 fully saturated rings. The Labute approximate surface area is 94.7 Å². The molecule has 0 atom stereocenters. The first kappa shape index (κ1) is 9.50. The Morgan fingerprint density at radius 2 is 2.23 bits per heavy atom. The third-order valence-corrected chi connectivity index (χ3v) is 4.81. The maximum absolute atomic E-state index is 5.86. The lowest BCUT2D eigenvalue weighted by molar-refractivity contribution is 1.47. The molecule has 13 heavy (non-hydrogen) atoms. The molecule has 1 heterocycles. The molecule has 0 spiro atoms. The van der Waals surface area contributed by atoms with E-state index in [2.05, 4.69) is 41.1 Å². The highest BCUT2D eigenvalue weighted by atomic mass is 79.9. The molecular weight excluding hydrogens is 268 g/mol. The lowest BCUT2D eigenvalue weighted by Gasteiger charge is -1.96. The van der Waals surface area contributed by atoms with Crippen LogP contribution in [0, 0.1) is 6.92 Å². The molecule has 0 aliphatic rings. The number of fused-ring (bicyclic) bond motifs is 1. The van der Waals surface area contributed by atoms with Gasteiger partial charge in [0.15, 0.2) is 0 Å². The van der Waals surface area contributed by atoms with E-state index in [0.717, 1.165) is 0 Å². The predicted octanol–water partition coefficient (Wildman–Crippen LogP) is 4.71. The van der Waals surface area contributed by atoms with E-state index in [-0.39, 0.29) is 0 Å². The van der Waals surface area contributed by atoms with Gasteiger partial charge >= 0.3 is 0 Å². The zero-order chi connectivity index (χ0) is 9.42. The van der Waals surface area contributed by atoms with Gasteiger partial charge in [-0.2, -0.15) is 0 Å². The van der Waals surface area contributed by atoms with Crippen molar-refractivity contribution in [3.05, 3.63) is 33.1 Å². The van der Waals surface area contributed by atoms with Gasteiger partial charge in [0.1, 0.15) is 0 Å². The molecule has 68 valence electrons. The minimum absolute atomic E-state index is 0.587. The fourth-order valence-corrected chi connectivity index (χ4v) is 3.43. The standard InChI is InChI=1S/C10H8BrClS/c1-6-9(11)8-4-2-3-7(5-12)10(8)13-6/h2-4H,5H2,1H3. The second-order valence-electron chi connectivity index (χ2n) is 2.90. The van der Waals surface area contributed by atoms with E-state index in [9.17, 15) is 0 Å². The molecule has 2 aromatic rings. The highest BCUT2D eigenvalue weighted by Gasteiger charge is 2.08. The number of rotatable bonds is 1. The van der Waals surface area contributed by atoms with Crippen LogP contribution in [-0.2, 0) is 5.88 Å².